The fraction of sp³-hybridized carbons (Fsp3) is 0.133. The number of aromatic nitrogens is 1. The van der Waals surface area contributed by atoms with Crippen molar-refractivity contribution in [2.75, 3.05) is 0 Å². The second-order valence-corrected chi connectivity index (χ2v) is 5.47. The Morgan fingerprint density at radius 2 is 2.00 bits per heavy atom. The van der Waals surface area contributed by atoms with Crippen LogP contribution in [0.1, 0.15) is 10.6 Å². The summed E-state index contributed by atoms with van der Waals surface area (Å²) in [7, 11) is 0. The molecule has 18 heavy (non-hydrogen) atoms. The summed E-state index contributed by atoms with van der Waals surface area (Å²) in [6.45, 7) is 2.62. The molecular weight excluding hydrogens is 240 g/mol. The highest BCUT2D eigenvalue weighted by molar-refractivity contribution is 7.15. The first kappa shape index (κ1) is 11.4. The molecule has 0 aliphatic carbocycles. The topological polar surface area (TPSA) is 38.9 Å². The largest absolute Gasteiger partial charge is 0.326 e. The highest BCUT2D eigenvalue weighted by atomic mass is 32.1. The van der Waals surface area contributed by atoms with Crippen LogP contribution in [-0.2, 0) is 6.54 Å². The smallest absolute Gasteiger partial charge is 0.0791 e. The summed E-state index contributed by atoms with van der Waals surface area (Å²) in [5.41, 5.74) is 8.99. The lowest BCUT2D eigenvalue weighted by Gasteiger charge is -2.04. The van der Waals surface area contributed by atoms with E-state index in [2.05, 4.69) is 41.4 Å². The lowest BCUT2D eigenvalue weighted by atomic mass is 10.1. The highest BCUT2D eigenvalue weighted by Crippen LogP contribution is 2.32. The van der Waals surface area contributed by atoms with Crippen LogP contribution in [0.5, 0.6) is 0 Å². The Morgan fingerprint density at radius 1 is 1.11 bits per heavy atom. The molecule has 90 valence electrons. The van der Waals surface area contributed by atoms with E-state index in [4.69, 9.17) is 5.73 Å². The van der Waals surface area contributed by atoms with E-state index in [1.54, 1.807) is 11.3 Å². The van der Waals surface area contributed by atoms with Gasteiger partial charge in [0.1, 0.15) is 0 Å². The van der Waals surface area contributed by atoms with Gasteiger partial charge in [-0.2, -0.15) is 0 Å². The van der Waals surface area contributed by atoms with Crippen molar-refractivity contribution in [3.8, 4) is 10.4 Å². The minimum atomic E-state index is 0.599. The average Bonchev–Trinajstić information content (AvgIpc) is 2.86. The van der Waals surface area contributed by atoms with Gasteiger partial charge in [0.2, 0.25) is 0 Å². The summed E-state index contributed by atoms with van der Waals surface area (Å²) in [5, 5.41) is 1.18. The molecule has 0 aliphatic rings. The number of para-hydroxylation sites is 1. The van der Waals surface area contributed by atoms with E-state index in [1.807, 2.05) is 13.0 Å². The predicted molar refractivity (Wildman–Crippen MR) is 77.7 cm³/mol. The van der Waals surface area contributed by atoms with Gasteiger partial charge in [-0.05, 0) is 25.1 Å². The van der Waals surface area contributed by atoms with Gasteiger partial charge in [0.15, 0.2) is 0 Å². The maximum absolute atomic E-state index is 5.67. The number of pyridine rings is 1. The number of hydrogen-bond acceptors (Lipinski definition) is 3. The molecule has 0 atom stereocenters. The van der Waals surface area contributed by atoms with Crippen LogP contribution in [-0.4, -0.2) is 4.98 Å². The monoisotopic (exact) mass is 254 g/mol. The first-order valence-electron chi connectivity index (χ1n) is 5.93. The minimum Gasteiger partial charge on any atom is -0.326 e. The molecule has 0 fully saturated rings. The van der Waals surface area contributed by atoms with Crippen LogP contribution in [0.4, 0.5) is 0 Å². The molecule has 2 heterocycles. The van der Waals surface area contributed by atoms with Crippen molar-refractivity contribution in [3.05, 3.63) is 53.0 Å². The van der Waals surface area contributed by atoms with E-state index in [0.717, 1.165) is 11.2 Å². The fourth-order valence-corrected chi connectivity index (χ4v) is 2.99. The third-order valence-electron chi connectivity index (χ3n) is 2.99. The van der Waals surface area contributed by atoms with Crippen molar-refractivity contribution in [1.82, 2.24) is 4.98 Å². The van der Waals surface area contributed by atoms with Crippen LogP contribution >= 0.6 is 11.3 Å². The van der Waals surface area contributed by atoms with Crippen molar-refractivity contribution < 1.29 is 0 Å². The molecule has 3 rings (SSSR count). The Morgan fingerprint density at radius 3 is 2.78 bits per heavy atom. The first-order valence-corrected chi connectivity index (χ1v) is 6.75. The molecular formula is C15H14N2S. The molecule has 0 aliphatic heterocycles. The van der Waals surface area contributed by atoms with Gasteiger partial charge in [-0.1, -0.05) is 24.3 Å². The Kier molecular flexibility index (Phi) is 2.86. The van der Waals surface area contributed by atoms with Crippen LogP contribution in [0, 0.1) is 6.92 Å². The third-order valence-corrected chi connectivity index (χ3v) is 4.13. The van der Waals surface area contributed by atoms with Gasteiger partial charge >= 0.3 is 0 Å². The molecule has 3 aromatic rings. The normalized spacial score (nSPS) is 11.0. The van der Waals surface area contributed by atoms with Crippen LogP contribution in [0.25, 0.3) is 21.3 Å². The number of aryl methyl sites for hydroxylation is 1. The number of fused-ring (bicyclic) bond motifs is 1. The molecule has 0 amide bonds. The quantitative estimate of drug-likeness (QED) is 0.756. The summed E-state index contributed by atoms with van der Waals surface area (Å²) in [4.78, 5) is 7.10. The lowest BCUT2D eigenvalue weighted by molar-refractivity contribution is 1.11. The number of thiophene rings is 1. The Labute approximate surface area is 110 Å². The van der Waals surface area contributed by atoms with Crippen molar-refractivity contribution in [2.24, 2.45) is 5.73 Å². The van der Waals surface area contributed by atoms with Gasteiger partial charge in [-0.3, -0.25) is 4.98 Å². The summed E-state index contributed by atoms with van der Waals surface area (Å²) >= 11 is 1.74. The third kappa shape index (κ3) is 1.92. The molecule has 0 saturated carbocycles. The van der Waals surface area contributed by atoms with Gasteiger partial charge in [0, 0.05) is 32.9 Å². The zero-order valence-electron chi connectivity index (χ0n) is 10.2. The lowest BCUT2D eigenvalue weighted by Crippen LogP contribution is -1.91. The van der Waals surface area contributed by atoms with Crippen LogP contribution in [0.2, 0.25) is 0 Å². The van der Waals surface area contributed by atoms with Crippen LogP contribution in [0.15, 0.2) is 42.5 Å². The Hall–Kier alpha value is -1.71. The molecule has 0 radical (unpaired) electrons. The SMILES string of the molecule is Cc1ccc2cccc(-c3ccc(CN)s3)c2n1. The molecule has 2 aromatic heterocycles. The average molecular weight is 254 g/mol. The second-order valence-electron chi connectivity index (χ2n) is 4.30. The maximum Gasteiger partial charge on any atom is 0.0791 e. The summed E-state index contributed by atoms with van der Waals surface area (Å²) in [6, 6.07) is 14.7. The number of benzene rings is 1. The molecule has 2 nitrogen and oxygen atoms in total. The second kappa shape index (κ2) is 4.52. The molecule has 0 saturated heterocycles. The summed E-state index contributed by atoms with van der Waals surface area (Å²) in [6.07, 6.45) is 0. The standard InChI is InChI=1S/C15H14N2S/c1-10-5-6-11-3-2-4-13(15(11)17-10)14-8-7-12(9-16)18-14/h2-8H,9,16H2,1H3. The number of hydrogen-bond donors (Lipinski definition) is 1. The van der Waals surface area contributed by atoms with Crippen LogP contribution in [0.3, 0.4) is 0 Å². The molecule has 0 spiro atoms. The van der Waals surface area contributed by atoms with Crippen molar-refractivity contribution in [3.63, 3.8) is 0 Å². The van der Waals surface area contributed by atoms with Gasteiger partial charge in [-0.15, -0.1) is 11.3 Å². The van der Waals surface area contributed by atoms with Gasteiger partial charge in [-0.25, -0.2) is 0 Å². The van der Waals surface area contributed by atoms with Crippen molar-refractivity contribution in [2.45, 2.75) is 13.5 Å². The highest BCUT2D eigenvalue weighted by Gasteiger charge is 2.07. The molecule has 1 aromatic carbocycles. The molecule has 2 N–H and O–H groups in total. The minimum absolute atomic E-state index is 0.599. The van der Waals surface area contributed by atoms with Gasteiger partial charge in [0.25, 0.3) is 0 Å². The summed E-state index contributed by atoms with van der Waals surface area (Å²) in [5.74, 6) is 0. The number of nitrogens with two attached hydrogens (primary N) is 1. The Balaban J connectivity index is 2.24. The van der Waals surface area contributed by atoms with E-state index in [0.29, 0.717) is 6.54 Å². The number of rotatable bonds is 2. The number of nitrogens with zero attached hydrogens (tertiary/aromatic N) is 1. The van der Waals surface area contributed by atoms with Crippen molar-refractivity contribution in [1.29, 1.82) is 0 Å². The maximum atomic E-state index is 5.67. The van der Waals surface area contributed by atoms with Gasteiger partial charge in [0.05, 0.1) is 5.52 Å². The fourth-order valence-electron chi connectivity index (χ4n) is 2.08. The summed E-state index contributed by atoms with van der Waals surface area (Å²) < 4.78 is 0. The predicted octanol–water partition coefficient (Wildman–Crippen LogP) is 3.73. The van der Waals surface area contributed by atoms with Crippen LogP contribution < -0.4 is 5.73 Å². The van der Waals surface area contributed by atoms with E-state index < -0.39 is 0 Å². The zero-order chi connectivity index (χ0) is 12.5. The van der Waals surface area contributed by atoms with E-state index in [9.17, 15) is 0 Å². The van der Waals surface area contributed by atoms with E-state index in [1.165, 1.54) is 20.7 Å². The Bertz CT molecular complexity index is 701. The van der Waals surface area contributed by atoms with Crippen molar-refractivity contribution >= 4 is 22.2 Å². The molecule has 3 heteroatoms. The first-order chi connectivity index (χ1) is 8.78. The zero-order valence-corrected chi connectivity index (χ0v) is 11.0. The van der Waals surface area contributed by atoms with Gasteiger partial charge < -0.3 is 5.73 Å². The molecule has 0 unspecified atom stereocenters. The van der Waals surface area contributed by atoms with E-state index in [-0.39, 0.29) is 0 Å². The van der Waals surface area contributed by atoms with E-state index >= 15 is 0 Å². The molecule has 0 bridgehead atoms.